The maximum atomic E-state index is 12.6. The van der Waals surface area contributed by atoms with Crippen molar-refractivity contribution in [1.29, 1.82) is 0 Å². The van der Waals surface area contributed by atoms with Crippen LogP contribution in [-0.4, -0.2) is 45.2 Å². The third-order valence-corrected chi connectivity index (χ3v) is 6.24. The first kappa shape index (κ1) is 20.5. The second-order valence-corrected chi connectivity index (χ2v) is 8.65. The number of thioether (sulfide) groups is 1. The molecule has 30 heavy (non-hydrogen) atoms. The van der Waals surface area contributed by atoms with Crippen molar-refractivity contribution in [2.45, 2.75) is 32.4 Å². The fourth-order valence-electron chi connectivity index (χ4n) is 3.69. The smallest absolute Gasteiger partial charge is 0.315 e. The maximum absolute atomic E-state index is 12.6. The van der Waals surface area contributed by atoms with Crippen molar-refractivity contribution in [3.05, 3.63) is 60.0 Å². The van der Waals surface area contributed by atoms with E-state index in [9.17, 15) is 4.79 Å². The average Bonchev–Trinajstić information content (AvgIpc) is 3.22. The third kappa shape index (κ3) is 4.87. The van der Waals surface area contributed by atoms with Crippen LogP contribution in [0.3, 0.4) is 0 Å². The number of rotatable bonds is 7. The Balaban J connectivity index is 1.34. The Labute approximate surface area is 181 Å². The number of fused-ring (bicyclic) bond motifs is 1. The Morgan fingerprint density at radius 2 is 1.93 bits per heavy atom. The standard InChI is InChI=1S/C22H28N6OS/c1-2-5-19(21-26-25-20-6-3-4-11-28(20)21)24-22(29)23-16-17-7-9-18(10-8-17)27-12-14-30-15-13-27/h3-4,6-11,19H,2,5,12-16H2,1H3,(H2,23,24,29). The minimum Gasteiger partial charge on any atom is -0.370 e. The molecule has 4 rings (SSSR count). The number of amides is 2. The van der Waals surface area contributed by atoms with Gasteiger partial charge in [-0.2, -0.15) is 11.8 Å². The summed E-state index contributed by atoms with van der Waals surface area (Å²) in [6, 6.07) is 13.9. The number of urea groups is 1. The highest BCUT2D eigenvalue weighted by atomic mass is 32.2. The van der Waals surface area contributed by atoms with E-state index in [2.05, 4.69) is 56.9 Å². The molecule has 3 heterocycles. The molecule has 0 saturated carbocycles. The van der Waals surface area contributed by atoms with Gasteiger partial charge in [0.2, 0.25) is 0 Å². The molecule has 1 unspecified atom stereocenters. The number of anilines is 1. The second-order valence-electron chi connectivity index (χ2n) is 7.42. The summed E-state index contributed by atoms with van der Waals surface area (Å²) >= 11 is 2.01. The zero-order chi connectivity index (χ0) is 20.8. The van der Waals surface area contributed by atoms with Gasteiger partial charge in [-0.25, -0.2) is 4.79 Å². The van der Waals surface area contributed by atoms with Crippen LogP contribution in [0.5, 0.6) is 0 Å². The van der Waals surface area contributed by atoms with Crippen LogP contribution in [0.4, 0.5) is 10.5 Å². The van der Waals surface area contributed by atoms with Crippen molar-refractivity contribution >= 4 is 29.1 Å². The molecule has 7 nitrogen and oxygen atoms in total. The van der Waals surface area contributed by atoms with E-state index in [0.717, 1.165) is 43.0 Å². The first-order chi connectivity index (χ1) is 14.7. The molecule has 3 aromatic rings. The number of nitrogens with one attached hydrogen (secondary N) is 2. The van der Waals surface area contributed by atoms with Crippen LogP contribution in [0.2, 0.25) is 0 Å². The van der Waals surface area contributed by atoms with Crippen LogP contribution < -0.4 is 15.5 Å². The van der Waals surface area contributed by atoms with Crippen LogP contribution in [0.1, 0.15) is 37.2 Å². The summed E-state index contributed by atoms with van der Waals surface area (Å²) in [6.45, 7) is 4.78. The summed E-state index contributed by atoms with van der Waals surface area (Å²) in [5.41, 5.74) is 3.12. The van der Waals surface area contributed by atoms with Crippen molar-refractivity contribution in [2.24, 2.45) is 0 Å². The number of benzene rings is 1. The Morgan fingerprint density at radius 1 is 1.13 bits per heavy atom. The van der Waals surface area contributed by atoms with Gasteiger partial charge in [-0.15, -0.1) is 10.2 Å². The molecular weight excluding hydrogens is 396 g/mol. The lowest BCUT2D eigenvalue weighted by atomic mass is 10.1. The largest absolute Gasteiger partial charge is 0.370 e. The minimum absolute atomic E-state index is 0.188. The van der Waals surface area contributed by atoms with Crippen LogP contribution in [-0.2, 0) is 6.54 Å². The fraction of sp³-hybridized carbons (Fsp3) is 0.409. The lowest BCUT2D eigenvalue weighted by molar-refractivity contribution is 0.235. The highest BCUT2D eigenvalue weighted by Gasteiger charge is 2.19. The van der Waals surface area contributed by atoms with Gasteiger partial charge in [0.25, 0.3) is 0 Å². The highest BCUT2D eigenvalue weighted by molar-refractivity contribution is 7.99. The molecule has 2 aromatic heterocycles. The Morgan fingerprint density at radius 3 is 2.70 bits per heavy atom. The summed E-state index contributed by atoms with van der Waals surface area (Å²) < 4.78 is 1.93. The molecule has 1 aromatic carbocycles. The Kier molecular flexibility index (Phi) is 6.74. The fourth-order valence-corrected chi connectivity index (χ4v) is 4.59. The first-order valence-electron chi connectivity index (χ1n) is 10.5. The molecule has 0 aliphatic carbocycles. The minimum atomic E-state index is -0.196. The van der Waals surface area contributed by atoms with E-state index in [1.54, 1.807) is 0 Å². The van der Waals surface area contributed by atoms with Gasteiger partial charge < -0.3 is 15.5 Å². The molecule has 2 N–H and O–H groups in total. The Hall–Kier alpha value is -2.74. The van der Waals surface area contributed by atoms with E-state index in [0.29, 0.717) is 6.54 Å². The van der Waals surface area contributed by atoms with Gasteiger partial charge in [0.1, 0.15) is 0 Å². The molecule has 0 spiro atoms. The van der Waals surface area contributed by atoms with Gasteiger partial charge in [0.15, 0.2) is 11.5 Å². The topological polar surface area (TPSA) is 74.6 Å². The summed E-state index contributed by atoms with van der Waals surface area (Å²) in [5.74, 6) is 3.12. The number of nitrogens with zero attached hydrogens (tertiary/aromatic N) is 4. The molecule has 1 fully saturated rings. The third-order valence-electron chi connectivity index (χ3n) is 5.30. The van der Waals surface area contributed by atoms with E-state index in [4.69, 9.17) is 0 Å². The quantitative estimate of drug-likeness (QED) is 0.606. The van der Waals surface area contributed by atoms with Crippen LogP contribution >= 0.6 is 11.8 Å². The zero-order valence-corrected chi connectivity index (χ0v) is 18.1. The van der Waals surface area contributed by atoms with Crippen molar-refractivity contribution < 1.29 is 4.79 Å². The van der Waals surface area contributed by atoms with Gasteiger partial charge in [-0.05, 0) is 36.2 Å². The maximum Gasteiger partial charge on any atom is 0.315 e. The van der Waals surface area contributed by atoms with E-state index < -0.39 is 0 Å². The SMILES string of the molecule is CCCC(NC(=O)NCc1ccc(N2CCSCC2)cc1)c1nnc2ccccn12. The Bertz CT molecular complexity index is 967. The zero-order valence-electron chi connectivity index (χ0n) is 17.3. The van der Waals surface area contributed by atoms with Crippen molar-refractivity contribution in [1.82, 2.24) is 25.2 Å². The number of hydrogen-bond acceptors (Lipinski definition) is 5. The van der Waals surface area contributed by atoms with E-state index in [-0.39, 0.29) is 12.1 Å². The summed E-state index contributed by atoms with van der Waals surface area (Å²) in [4.78, 5) is 15.0. The molecule has 0 radical (unpaired) electrons. The van der Waals surface area contributed by atoms with Crippen molar-refractivity contribution in [2.75, 3.05) is 29.5 Å². The number of aromatic nitrogens is 3. The van der Waals surface area contributed by atoms with Gasteiger partial charge in [0.05, 0.1) is 6.04 Å². The van der Waals surface area contributed by atoms with Crippen molar-refractivity contribution in [3.8, 4) is 0 Å². The van der Waals surface area contributed by atoms with Crippen LogP contribution in [0.25, 0.3) is 5.65 Å². The van der Waals surface area contributed by atoms with Gasteiger partial charge in [-0.3, -0.25) is 4.40 Å². The van der Waals surface area contributed by atoms with Gasteiger partial charge in [0, 0.05) is 43.0 Å². The number of pyridine rings is 1. The first-order valence-corrected chi connectivity index (χ1v) is 11.7. The summed E-state index contributed by atoms with van der Waals surface area (Å²) in [7, 11) is 0. The number of carbonyl (C=O) groups is 1. The number of hydrogen-bond donors (Lipinski definition) is 2. The van der Waals surface area contributed by atoms with Crippen LogP contribution in [0, 0.1) is 0 Å². The molecular formula is C22H28N6OS. The summed E-state index contributed by atoms with van der Waals surface area (Å²) in [5, 5.41) is 14.5. The lowest BCUT2D eigenvalue weighted by Crippen LogP contribution is -2.38. The average molecular weight is 425 g/mol. The predicted molar refractivity (Wildman–Crippen MR) is 122 cm³/mol. The van der Waals surface area contributed by atoms with Gasteiger partial charge >= 0.3 is 6.03 Å². The van der Waals surface area contributed by atoms with E-state index in [1.807, 2.05) is 40.6 Å². The predicted octanol–water partition coefficient (Wildman–Crippen LogP) is 3.62. The molecule has 1 atom stereocenters. The van der Waals surface area contributed by atoms with Crippen LogP contribution in [0.15, 0.2) is 48.7 Å². The molecule has 2 amide bonds. The summed E-state index contributed by atoms with van der Waals surface area (Å²) in [6.07, 6.45) is 3.66. The molecule has 8 heteroatoms. The van der Waals surface area contributed by atoms with Crippen molar-refractivity contribution in [3.63, 3.8) is 0 Å². The molecule has 1 aliphatic heterocycles. The van der Waals surface area contributed by atoms with E-state index >= 15 is 0 Å². The second kappa shape index (κ2) is 9.84. The molecule has 1 saturated heterocycles. The normalized spacial score (nSPS) is 15.2. The molecule has 158 valence electrons. The lowest BCUT2D eigenvalue weighted by Gasteiger charge is -2.28. The molecule has 1 aliphatic rings. The number of carbonyl (C=O) groups excluding carboxylic acids is 1. The van der Waals surface area contributed by atoms with E-state index in [1.165, 1.54) is 17.2 Å². The highest BCUT2D eigenvalue weighted by Crippen LogP contribution is 2.20. The molecule has 0 bridgehead atoms. The monoisotopic (exact) mass is 424 g/mol. The van der Waals surface area contributed by atoms with Gasteiger partial charge in [-0.1, -0.05) is 31.5 Å².